The number of nitrogens with zero attached hydrogens (tertiary/aromatic N) is 1. The minimum Gasteiger partial charge on any atom is -0.289 e. The van der Waals surface area contributed by atoms with Gasteiger partial charge >= 0.3 is 0 Å². The fraction of sp³-hybridized carbons (Fsp3) is 0.471. The van der Waals surface area contributed by atoms with Gasteiger partial charge in [0, 0.05) is 17.7 Å². The molecule has 0 saturated heterocycles. The van der Waals surface area contributed by atoms with Crippen LogP contribution in [0.3, 0.4) is 0 Å². The Hall–Kier alpha value is -1.37. The number of rotatable bonds is 1. The highest BCUT2D eigenvalue weighted by molar-refractivity contribution is 6.05. The highest BCUT2D eigenvalue weighted by atomic mass is 14.8. The summed E-state index contributed by atoms with van der Waals surface area (Å²) in [7, 11) is 0. The normalized spacial score (nSPS) is 21.3. The average molecular weight is 239 g/mol. The Bertz CT molecular complexity index is 520. The van der Waals surface area contributed by atoms with Crippen LogP contribution in [0, 0.1) is 5.41 Å². The number of hydrogen-bond donors (Lipinski definition) is 0. The molecule has 1 nitrogen and oxygen atoms in total. The molecule has 0 bridgehead atoms. The van der Waals surface area contributed by atoms with E-state index in [0.29, 0.717) is 0 Å². The molecule has 1 aromatic rings. The van der Waals surface area contributed by atoms with Gasteiger partial charge in [-0.05, 0) is 48.4 Å². The lowest BCUT2D eigenvalue weighted by atomic mass is 9.77. The van der Waals surface area contributed by atoms with E-state index in [2.05, 4.69) is 44.2 Å². The van der Waals surface area contributed by atoms with Gasteiger partial charge < -0.3 is 0 Å². The Labute approximate surface area is 110 Å². The molecular weight excluding hydrogens is 218 g/mol. The van der Waals surface area contributed by atoms with Crippen LogP contribution in [0.2, 0.25) is 0 Å². The summed E-state index contributed by atoms with van der Waals surface area (Å²) in [4.78, 5) is 4.80. The largest absolute Gasteiger partial charge is 0.289 e. The third-order valence-electron chi connectivity index (χ3n) is 4.17. The second kappa shape index (κ2) is 4.38. The predicted octanol–water partition coefficient (Wildman–Crippen LogP) is 4.26. The SMILES string of the molecule is CC1(C)CCCN=C1c1ccc2c(c1)CCC=C2. The van der Waals surface area contributed by atoms with Crippen molar-refractivity contribution in [2.24, 2.45) is 10.4 Å². The molecule has 94 valence electrons. The summed E-state index contributed by atoms with van der Waals surface area (Å²) in [5.74, 6) is 0. The summed E-state index contributed by atoms with van der Waals surface area (Å²) in [6.45, 7) is 5.64. The van der Waals surface area contributed by atoms with Crippen LogP contribution < -0.4 is 0 Å². The van der Waals surface area contributed by atoms with E-state index < -0.39 is 0 Å². The van der Waals surface area contributed by atoms with Crippen molar-refractivity contribution in [1.82, 2.24) is 0 Å². The summed E-state index contributed by atoms with van der Waals surface area (Å²) >= 11 is 0. The summed E-state index contributed by atoms with van der Waals surface area (Å²) in [5.41, 5.74) is 5.76. The molecule has 0 aromatic heterocycles. The quantitative estimate of drug-likeness (QED) is 0.694. The molecule has 0 amide bonds. The van der Waals surface area contributed by atoms with Gasteiger partial charge in [-0.2, -0.15) is 0 Å². The fourth-order valence-corrected chi connectivity index (χ4v) is 3.11. The predicted molar refractivity (Wildman–Crippen MR) is 78.2 cm³/mol. The molecule has 2 aliphatic rings. The van der Waals surface area contributed by atoms with Gasteiger partial charge in [0.1, 0.15) is 0 Å². The van der Waals surface area contributed by atoms with Crippen molar-refractivity contribution in [2.75, 3.05) is 6.54 Å². The van der Waals surface area contributed by atoms with E-state index >= 15 is 0 Å². The van der Waals surface area contributed by atoms with Gasteiger partial charge in [-0.25, -0.2) is 0 Å². The molecule has 1 heterocycles. The van der Waals surface area contributed by atoms with Crippen LogP contribution in [0.15, 0.2) is 29.3 Å². The number of allylic oxidation sites excluding steroid dienone is 1. The monoisotopic (exact) mass is 239 g/mol. The summed E-state index contributed by atoms with van der Waals surface area (Å²) in [6, 6.07) is 6.87. The van der Waals surface area contributed by atoms with Crippen molar-refractivity contribution in [2.45, 2.75) is 39.5 Å². The minimum atomic E-state index is 0.233. The van der Waals surface area contributed by atoms with Gasteiger partial charge in [0.15, 0.2) is 0 Å². The molecule has 1 heteroatoms. The van der Waals surface area contributed by atoms with Crippen molar-refractivity contribution >= 4 is 11.8 Å². The Morgan fingerprint density at radius 3 is 2.94 bits per heavy atom. The van der Waals surface area contributed by atoms with Crippen molar-refractivity contribution in [3.8, 4) is 0 Å². The molecule has 0 spiro atoms. The number of hydrogen-bond acceptors (Lipinski definition) is 1. The standard InChI is InChI=1S/C17H21N/c1-17(2)10-5-11-18-16(17)15-9-8-13-6-3-4-7-14(13)12-15/h3,6,8-9,12H,4-5,7,10-11H2,1-2H3. The number of benzene rings is 1. The van der Waals surface area contributed by atoms with E-state index in [0.717, 1.165) is 6.54 Å². The van der Waals surface area contributed by atoms with Crippen molar-refractivity contribution < 1.29 is 0 Å². The average Bonchev–Trinajstić information content (AvgIpc) is 2.38. The topological polar surface area (TPSA) is 12.4 Å². The van der Waals surface area contributed by atoms with Crippen LogP contribution >= 0.6 is 0 Å². The van der Waals surface area contributed by atoms with Crippen molar-refractivity contribution in [1.29, 1.82) is 0 Å². The minimum absolute atomic E-state index is 0.233. The Balaban J connectivity index is 2.02. The van der Waals surface area contributed by atoms with Gasteiger partial charge in [-0.1, -0.05) is 38.1 Å². The van der Waals surface area contributed by atoms with Crippen LogP contribution in [0.25, 0.3) is 6.08 Å². The first-order valence-corrected chi connectivity index (χ1v) is 7.02. The van der Waals surface area contributed by atoms with E-state index in [1.165, 1.54) is 48.1 Å². The zero-order valence-corrected chi connectivity index (χ0v) is 11.4. The maximum Gasteiger partial charge on any atom is 0.0476 e. The Morgan fingerprint density at radius 2 is 2.11 bits per heavy atom. The molecule has 0 saturated carbocycles. The highest BCUT2D eigenvalue weighted by Crippen LogP contribution is 2.33. The molecule has 0 N–H and O–H groups in total. The van der Waals surface area contributed by atoms with Crippen molar-refractivity contribution in [3.63, 3.8) is 0 Å². The van der Waals surface area contributed by atoms with E-state index in [-0.39, 0.29) is 5.41 Å². The van der Waals surface area contributed by atoms with Gasteiger partial charge in [-0.15, -0.1) is 0 Å². The molecule has 0 radical (unpaired) electrons. The highest BCUT2D eigenvalue weighted by Gasteiger charge is 2.28. The first-order valence-electron chi connectivity index (χ1n) is 7.02. The first-order chi connectivity index (χ1) is 8.67. The van der Waals surface area contributed by atoms with E-state index in [1.807, 2.05) is 0 Å². The van der Waals surface area contributed by atoms with E-state index in [9.17, 15) is 0 Å². The van der Waals surface area contributed by atoms with Crippen molar-refractivity contribution in [3.05, 3.63) is 41.0 Å². The molecule has 1 aromatic carbocycles. The van der Waals surface area contributed by atoms with Gasteiger partial charge in [0.2, 0.25) is 0 Å². The maximum atomic E-state index is 4.80. The van der Waals surface area contributed by atoms with Gasteiger partial charge in [0.25, 0.3) is 0 Å². The zero-order chi connectivity index (χ0) is 12.6. The molecule has 0 unspecified atom stereocenters. The van der Waals surface area contributed by atoms with Crippen LogP contribution in [-0.2, 0) is 6.42 Å². The number of aliphatic imine (C=N–C) groups is 1. The molecule has 1 aliphatic carbocycles. The van der Waals surface area contributed by atoms with Crippen LogP contribution in [0.5, 0.6) is 0 Å². The van der Waals surface area contributed by atoms with E-state index in [1.54, 1.807) is 0 Å². The zero-order valence-electron chi connectivity index (χ0n) is 11.4. The second-order valence-electron chi connectivity index (χ2n) is 6.07. The Kier molecular flexibility index (Phi) is 2.85. The van der Waals surface area contributed by atoms with Crippen LogP contribution in [0.1, 0.15) is 49.8 Å². The Morgan fingerprint density at radius 1 is 1.22 bits per heavy atom. The number of aryl methyl sites for hydroxylation is 1. The summed E-state index contributed by atoms with van der Waals surface area (Å²) < 4.78 is 0. The lowest BCUT2D eigenvalue weighted by molar-refractivity contribution is 0.440. The van der Waals surface area contributed by atoms with Crippen LogP contribution in [-0.4, -0.2) is 12.3 Å². The third-order valence-corrected chi connectivity index (χ3v) is 4.17. The van der Waals surface area contributed by atoms with Gasteiger partial charge in [-0.3, -0.25) is 4.99 Å². The summed E-state index contributed by atoms with van der Waals surface area (Å²) in [5, 5.41) is 0. The summed E-state index contributed by atoms with van der Waals surface area (Å²) in [6.07, 6.45) is 9.34. The lowest BCUT2D eigenvalue weighted by Crippen LogP contribution is -2.29. The first kappa shape index (κ1) is 11.7. The molecule has 3 rings (SSSR count). The smallest absolute Gasteiger partial charge is 0.0476 e. The van der Waals surface area contributed by atoms with E-state index in [4.69, 9.17) is 4.99 Å². The maximum absolute atomic E-state index is 4.80. The molecule has 1 aliphatic heterocycles. The number of fused-ring (bicyclic) bond motifs is 1. The lowest BCUT2D eigenvalue weighted by Gasteiger charge is -2.31. The molecule has 0 fully saturated rings. The second-order valence-corrected chi connectivity index (χ2v) is 6.07. The fourth-order valence-electron chi connectivity index (χ4n) is 3.11. The van der Waals surface area contributed by atoms with Gasteiger partial charge in [0.05, 0.1) is 0 Å². The van der Waals surface area contributed by atoms with Crippen LogP contribution in [0.4, 0.5) is 0 Å². The third kappa shape index (κ3) is 2.03. The molecular formula is C17H21N. The molecule has 18 heavy (non-hydrogen) atoms. The molecule has 0 atom stereocenters.